The number of halogens is 1. The van der Waals surface area contributed by atoms with Crippen LogP contribution in [0.3, 0.4) is 0 Å². The Morgan fingerprint density at radius 1 is 0.815 bits per heavy atom. The molecule has 0 unspecified atom stereocenters. The molecule has 0 spiro atoms. The number of hydrogen-bond acceptors (Lipinski definition) is 3. The van der Waals surface area contributed by atoms with E-state index in [-0.39, 0.29) is 17.6 Å². The molecule has 0 radical (unpaired) electrons. The van der Waals surface area contributed by atoms with Gasteiger partial charge in [-0.3, -0.25) is 9.59 Å². The predicted molar refractivity (Wildman–Crippen MR) is 101 cm³/mol. The van der Waals surface area contributed by atoms with Crippen molar-refractivity contribution < 1.29 is 18.8 Å². The Kier molecular flexibility index (Phi) is 7.30. The SMILES string of the molecule is CCC(=O)NCCNC(=O)c1ccc(NC(=O)Nc2ccc(F)cc2)cc1. The normalized spacial score (nSPS) is 10.0. The third kappa shape index (κ3) is 6.77. The highest BCUT2D eigenvalue weighted by Gasteiger charge is 2.07. The smallest absolute Gasteiger partial charge is 0.323 e. The van der Waals surface area contributed by atoms with Crippen molar-refractivity contribution in [3.8, 4) is 0 Å². The Labute approximate surface area is 156 Å². The van der Waals surface area contributed by atoms with Crippen LogP contribution in [-0.2, 0) is 4.79 Å². The van der Waals surface area contributed by atoms with E-state index in [0.29, 0.717) is 36.4 Å². The van der Waals surface area contributed by atoms with Gasteiger partial charge in [-0.25, -0.2) is 9.18 Å². The molecule has 2 aromatic rings. The molecular formula is C19H21FN4O3. The molecule has 0 fully saturated rings. The number of anilines is 2. The van der Waals surface area contributed by atoms with Crippen molar-refractivity contribution in [2.24, 2.45) is 0 Å². The summed E-state index contributed by atoms with van der Waals surface area (Å²) in [6.07, 6.45) is 0.400. The minimum absolute atomic E-state index is 0.0707. The van der Waals surface area contributed by atoms with Crippen LogP contribution in [-0.4, -0.2) is 30.9 Å². The summed E-state index contributed by atoms with van der Waals surface area (Å²) in [7, 11) is 0. The van der Waals surface area contributed by atoms with E-state index in [2.05, 4.69) is 21.3 Å². The Bertz CT molecular complexity index is 792. The van der Waals surface area contributed by atoms with E-state index in [1.165, 1.54) is 24.3 Å². The first kappa shape index (κ1) is 19.9. The number of carbonyl (C=O) groups is 3. The van der Waals surface area contributed by atoms with E-state index in [1.54, 1.807) is 31.2 Å². The number of hydrogen-bond donors (Lipinski definition) is 4. The van der Waals surface area contributed by atoms with Gasteiger partial charge in [0, 0.05) is 36.4 Å². The van der Waals surface area contributed by atoms with Crippen LogP contribution in [0.4, 0.5) is 20.6 Å². The molecule has 0 aromatic heterocycles. The van der Waals surface area contributed by atoms with Gasteiger partial charge in [0.15, 0.2) is 0 Å². The molecule has 142 valence electrons. The van der Waals surface area contributed by atoms with Gasteiger partial charge in [0.25, 0.3) is 5.91 Å². The lowest BCUT2D eigenvalue weighted by molar-refractivity contribution is -0.120. The lowest BCUT2D eigenvalue weighted by Gasteiger charge is -2.09. The van der Waals surface area contributed by atoms with Crippen molar-refractivity contribution in [3.63, 3.8) is 0 Å². The predicted octanol–water partition coefficient (Wildman–Crippen LogP) is 2.73. The molecule has 0 aliphatic heterocycles. The zero-order chi connectivity index (χ0) is 19.6. The Morgan fingerprint density at radius 3 is 1.89 bits per heavy atom. The largest absolute Gasteiger partial charge is 0.354 e. The van der Waals surface area contributed by atoms with Gasteiger partial charge >= 0.3 is 6.03 Å². The van der Waals surface area contributed by atoms with Gasteiger partial charge in [-0.05, 0) is 48.5 Å². The minimum atomic E-state index is -0.481. The van der Waals surface area contributed by atoms with Crippen molar-refractivity contribution in [2.75, 3.05) is 23.7 Å². The van der Waals surface area contributed by atoms with E-state index >= 15 is 0 Å². The third-order valence-corrected chi connectivity index (χ3v) is 3.56. The summed E-state index contributed by atoms with van der Waals surface area (Å²) < 4.78 is 12.8. The first-order valence-corrected chi connectivity index (χ1v) is 8.46. The maximum atomic E-state index is 12.8. The van der Waals surface area contributed by atoms with Gasteiger partial charge in [0.1, 0.15) is 5.82 Å². The molecule has 2 aromatic carbocycles. The van der Waals surface area contributed by atoms with Crippen LogP contribution in [0.5, 0.6) is 0 Å². The van der Waals surface area contributed by atoms with Crippen molar-refractivity contribution in [3.05, 3.63) is 59.9 Å². The summed E-state index contributed by atoms with van der Waals surface area (Å²) in [6.45, 7) is 2.44. The highest BCUT2D eigenvalue weighted by atomic mass is 19.1. The molecule has 0 saturated heterocycles. The monoisotopic (exact) mass is 372 g/mol. The second kappa shape index (κ2) is 9.91. The van der Waals surface area contributed by atoms with Crippen molar-refractivity contribution in [1.82, 2.24) is 10.6 Å². The van der Waals surface area contributed by atoms with E-state index in [1.807, 2.05) is 0 Å². The Hall–Kier alpha value is -3.42. The Balaban J connectivity index is 1.79. The fraction of sp³-hybridized carbons (Fsp3) is 0.211. The average Bonchev–Trinajstić information content (AvgIpc) is 2.67. The van der Waals surface area contributed by atoms with Crippen LogP contribution in [0.2, 0.25) is 0 Å². The lowest BCUT2D eigenvalue weighted by atomic mass is 10.2. The summed E-state index contributed by atoms with van der Waals surface area (Å²) in [5.74, 6) is -0.732. The lowest BCUT2D eigenvalue weighted by Crippen LogP contribution is -2.34. The zero-order valence-electron chi connectivity index (χ0n) is 14.8. The van der Waals surface area contributed by atoms with Crippen LogP contribution in [0.15, 0.2) is 48.5 Å². The standard InChI is InChI=1S/C19H21FN4O3/c1-2-17(25)21-11-12-22-18(26)13-3-7-15(8-4-13)23-19(27)24-16-9-5-14(20)6-10-16/h3-10H,2,11-12H2,1H3,(H,21,25)(H,22,26)(H2,23,24,27). The molecular weight excluding hydrogens is 351 g/mol. The molecule has 7 nitrogen and oxygen atoms in total. The van der Waals surface area contributed by atoms with Crippen LogP contribution in [0.25, 0.3) is 0 Å². The van der Waals surface area contributed by atoms with Gasteiger partial charge in [-0.2, -0.15) is 0 Å². The first-order chi connectivity index (χ1) is 13.0. The van der Waals surface area contributed by atoms with Crippen LogP contribution in [0.1, 0.15) is 23.7 Å². The first-order valence-electron chi connectivity index (χ1n) is 8.46. The quantitative estimate of drug-likeness (QED) is 0.562. The maximum absolute atomic E-state index is 12.8. The minimum Gasteiger partial charge on any atom is -0.354 e. The third-order valence-electron chi connectivity index (χ3n) is 3.56. The van der Waals surface area contributed by atoms with E-state index in [0.717, 1.165) is 0 Å². The van der Waals surface area contributed by atoms with Gasteiger partial charge < -0.3 is 21.3 Å². The van der Waals surface area contributed by atoms with Gasteiger partial charge in [0.2, 0.25) is 5.91 Å². The number of nitrogens with one attached hydrogen (secondary N) is 4. The summed E-state index contributed by atoms with van der Waals surface area (Å²) in [5.41, 5.74) is 1.39. The Morgan fingerprint density at radius 2 is 1.33 bits per heavy atom. The second-order valence-electron chi connectivity index (χ2n) is 5.62. The van der Waals surface area contributed by atoms with Crippen molar-refractivity contribution in [1.29, 1.82) is 0 Å². The van der Waals surface area contributed by atoms with Crippen LogP contribution >= 0.6 is 0 Å². The zero-order valence-corrected chi connectivity index (χ0v) is 14.8. The van der Waals surface area contributed by atoms with E-state index in [4.69, 9.17) is 0 Å². The van der Waals surface area contributed by atoms with Crippen molar-refractivity contribution in [2.45, 2.75) is 13.3 Å². The fourth-order valence-corrected chi connectivity index (χ4v) is 2.14. The number of urea groups is 1. The van der Waals surface area contributed by atoms with Crippen LogP contribution in [0, 0.1) is 5.82 Å². The molecule has 0 aliphatic carbocycles. The number of rotatable bonds is 7. The summed E-state index contributed by atoms with van der Waals surface area (Å²) >= 11 is 0. The molecule has 8 heteroatoms. The van der Waals surface area contributed by atoms with Crippen LogP contribution < -0.4 is 21.3 Å². The molecule has 0 atom stereocenters. The van der Waals surface area contributed by atoms with Gasteiger partial charge in [-0.1, -0.05) is 6.92 Å². The fourth-order valence-electron chi connectivity index (χ4n) is 2.14. The number of carbonyl (C=O) groups excluding carboxylic acids is 3. The average molecular weight is 372 g/mol. The summed E-state index contributed by atoms with van der Waals surface area (Å²) in [4.78, 5) is 35.0. The summed E-state index contributed by atoms with van der Waals surface area (Å²) in [6, 6.07) is 11.3. The molecule has 0 aliphatic rings. The summed E-state index contributed by atoms with van der Waals surface area (Å²) in [5, 5.41) is 10.5. The molecule has 0 bridgehead atoms. The van der Waals surface area contributed by atoms with Gasteiger partial charge in [-0.15, -0.1) is 0 Å². The highest BCUT2D eigenvalue weighted by molar-refractivity contribution is 6.00. The second-order valence-corrected chi connectivity index (χ2v) is 5.62. The highest BCUT2D eigenvalue weighted by Crippen LogP contribution is 2.12. The van der Waals surface area contributed by atoms with Gasteiger partial charge in [0.05, 0.1) is 0 Å². The van der Waals surface area contributed by atoms with E-state index < -0.39 is 6.03 Å². The van der Waals surface area contributed by atoms with E-state index in [9.17, 15) is 18.8 Å². The molecule has 27 heavy (non-hydrogen) atoms. The molecule has 0 saturated carbocycles. The molecule has 2 rings (SSSR count). The molecule has 0 heterocycles. The molecule has 4 N–H and O–H groups in total. The number of amides is 4. The molecule has 4 amide bonds. The number of benzene rings is 2. The maximum Gasteiger partial charge on any atom is 0.323 e. The van der Waals surface area contributed by atoms with Crippen molar-refractivity contribution >= 4 is 29.2 Å². The topological polar surface area (TPSA) is 99.3 Å².